The van der Waals surface area contributed by atoms with Gasteiger partial charge in [0.15, 0.2) is 5.65 Å². The highest BCUT2D eigenvalue weighted by atomic mass is 16.3. The first-order valence-electron chi connectivity index (χ1n) is 5.18. The molecule has 7 heteroatoms. The van der Waals surface area contributed by atoms with Gasteiger partial charge >= 0.3 is 6.03 Å². The number of rotatable bonds is 3. The van der Waals surface area contributed by atoms with E-state index in [0.29, 0.717) is 11.5 Å². The van der Waals surface area contributed by atoms with Crippen LogP contribution >= 0.6 is 0 Å². The maximum absolute atomic E-state index is 11.4. The minimum atomic E-state index is -0.389. The summed E-state index contributed by atoms with van der Waals surface area (Å²) >= 11 is 0. The number of amides is 2. The van der Waals surface area contributed by atoms with Crippen molar-refractivity contribution in [2.24, 2.45) is 0 Å². The molecule has 0 spiro atoms. The number of fused-ring (bicyclic) bond motifs is 1. The van der Waals surface area contributed by atoms with Crippen LogP contribution < -0.4 is 10.6 Å². The molecule has 2 aromatic heterocycles. The number of aliphatic hydroxyl groups excluding tert-OH is 1. The average Bonchev–Trinajstić information content (AvgIpc) is 2.68. The van der Waals surface area contributed by atoms with Crippen LogP contribution in [-0.4, -0.2) is 38.9 Å². The molecule has 0 saturated carbocycles. The van der Waals surface area contributed by atoms with Crippen LogP contribution in [0.3, 0.4) is 0 Å². The molecule has 2 rings (SSSR count). The molecule has 17 heavy (non-hydrogen) atoms. The van der Waals surface area contributed by atoms with Gasteiger partial charge < -0.3 is 10.4 Å². The van der Waals surface area contributed by atoms with Gasteiger partial charge in [-0.2, -0.15) is 9.61 Å². The third-order valence-electron chi connectivity index (χ3n) is 2.12. The number of aryl methyl sites for hydroxylation is 1. The molecule has 7 nitrogen and oxygen atoms in total. The van der Waals surface area contributed by atoms with Crippen LogP contribution in [0.25, 0.3) is 5.65 Å². The number of nitrogens with zero attached hydrogens (tertiary/aromatic N) is 3. The van der Waals surface area contributed by atoms with Crippen LogP contribution in [-0.2, 0) is 0 Å². The predicted octanol–water partition coefficient (Wildman–Crippen LogP) is 0.152. The molecule has 2 amide bonds. The Kier molecular flexibility index (Phi) is 3.20. The number of urea groups is 1. The van der Waals surface area contributed by atoms with Gasteiger partial charge in [-0.3, -0.25) is 5.32 Å². The Morgan fingerprint density at radius 3 is 3.18 bits per heavy atom. The number of aliphatic hydroxyl groups is 1. The maximum atomic E-state index is 11.4. The van der Waals surface area contributed by atoms with Crippen LogP contribution in [0.1, 0.15) is 5.69 Å². The van der Waals surface area contributed by atoms with Crippen molar-refractivity contribution in [3.63, 3.8) is 0 Å². The molecule has 0 saturated heterocycles. The largest absolute Gasteiger partial charge is 0.395 e. The number of anilines is 1. The van der Waals surface area contributed by atoms with Crippen molar-refractivity contribution in [1.82, 2.24) is 19.9 Å². The van der Waals surface area contributed by atoms with Crippen molar-refractivity contribution in [3.05, 3.63) is 24.0 Å². The number of carbonyl (C=O) groups is 1. The Hall–Kier alpha value is -2.15. The zero-order chi connectivity index (χ0) is 12.3. The fourth-order valence-corrected chi connectivity index (χ4v) is 1.43. The van der Waals surface area contributed by atoms with Gasteiger partial charge in [-0.05, 0) is 13.0 Å². The first-order valence-corrected chi connectivity index (χ1v) is 5.18. The lowest BCUT2D eigenvalue weighted by atomic mass is 10.5. The number of hydrogen-bond acceptors (Lipinski definition) is 4. The third-order valence-corrected chi connectivity index (χ3v) is 2.12. The van der Waals surface area contributed by atoms with Crippen LogP contribution in [0.15, 0.2) is 18.3 Å². The van der Waals surface area contributed by atoms with Crippen LogP contribution in [0.5, 0.6) is 0 Å². The normalized spacial score (nSPS) is 10.5. The number of nitrogens with one attached hydrogen (secondary N) is 2. The minimum Gasteiger partial charge on any atom is -0.395 e. The van der Waals surface area contributed by atoms with Gasteiger partial charge in [0.1, 0.15) is 5.82 Å². The van der Waals surface area contributed by atoms with Gasteiger partial charge in [0.25, 0.3) is 0 Å². The summed E-state index contributed by atoms with van der Waals surface area (Å²) in [7, 11) is 0. The molecule has 2 heterocycles. The van der Waals surface area contributed by atoms with Crippen molar-refractivity contribution in [2.75, 3.05) is 18.5 Å². The van der Waals surface area contributed by atoms with E-state index >= 15 is 0 Å². The van der Waals surface area contributed by atoms with Crippen LogP contribution in [0.4, 0.5) is 10.6 Å². The lowest BCUT2D eigenvalue weighted by Crippen LogP contribution is -2.31. The van der Waals surface area contributed by atoms with Gasteiger partial charge in [-0.1, -0.05) is 0 Å². The van der Waals surface area contributed by atoms with E-state index in [9.17, 15) is 4.79 Å². The van der Waals surface area contributed by atoms with Crippen molar-refractivity contribution in [1.29, 1.82) is 0 Å². The number of carbonyl (C=O) groups excluding carboxylic acids is 1. The molecule has 0 aliphatic carbocycles. The van der Waals surface area contributed by atoms with Crippen LogP contribution in [0, 0.1) is 6.92 Å². The Morgan fingerprint density at radius 1 is 1.59 bits per heavy atom. The van der Waals surface area contributed by atoms with Gasteiger partial charge in [-0.25, -0.2) is 9.78 Å². The van der Waals surface area contributed by atoms with Gasteiger partial charge in [0.2, 0.25) is 0 Å². The highest BCUT2D eigenvalue weighted by molar-refractivity contribution is 5.88. The topological polar surface area (TPSA) is 91.5 Å². The minimum absolute atomic E-state index is 0.0972. The summed E-state index contributed by atoms with van der Waals surface area (Å²) in [6.07, 6.45) is 1.60. The van der Waals surface area contributed by atoms with Gasteiger partial charge in [0.05, 0.1) is 12.3 Å². The lowest BCUT2D eigenvalue weighted by Gasteiger charge is -2.07. The first kappa shape index (κ1) is 11.3. The summed E-state index contributed by atoms with van der Waals surface area (Å²) < 4.78 is 1.55. The molecule has 0 fully saturated rings. The van der Waals surface area contributed by atoms with E-state index < -0.39 is 0 Å². The van der Waals surface area contributed by atoms with Crippen LogP contribution in [0.2, 0.25) is 0 Å². The lowest BCUT2D eigenvalue weighted by molar-refractivity contribution is 0.244. The molecule has 3 N–H and O–H groups in total. The zero-order valence-corrected chi connectivity index (χ0v) is 9.34. The molecule has 90 valence electrons. The van der Waals surface area contributed by atoms with E-state index in [1.807, 2.05) is 13.0 Å². The molecule has 0 atom stereocenters. The average molecular weight is 235 g/mol. The Morgan fingerprint density at radius 2 is 2.41 bits per heavy atom. The van der Waals surface area contributed by atoms with Gasteiger partial charge in [0, 0.05) is 18.8 Å². The highest BCUT2D eigenvalue weighted by Crippen LogP contribution is 2.10. The van der Waals surface area contributed by atoms with E-state index in [4.69, 9.17) is 5.11 Å². The van der Waals surface area contributed by atoms with E-state index in [0.717, 1.165) is 5.69 Å². The third kappa shape index (κ3) is 2.51. The second kappa shape index (κ2) is 4.79. The quantitative estimate of drug-likeness (QED) is 0.706. The summed E-state index contributed by atoms with van der Waals surface area (Å²) in [5, 5.41) is 17.9. The zero-order valence-electron chi connectivity index (χ0n) is 9.34. The Labute approximate surface area is 97.5 Å². The Bertz CT molecular complexity index is 536. The summed E-state index contributed by atoms with van der Waals surface area (Å²) in [6, 6.07) is 3.08. The molecular formula is C10H13N5O2. The summed E-state index contributed by atoms with van der Waals surface area (Å²) in [6.45, 7) is 1.96. The second-order valence-corrected chi connectivity index (χ2v) is 3.49. The molecule has 0 bridgehead atoms. The van der Waals surface area contributed by atoms with E-state index in [2.05, 4.69) is 20.7 Å². The summed E-state index contributed by atoms with van der Waals surface area (Å²) in [5.41, 5.74) is 1.49. The van der Waals surface area contributed by atoms with Crippen molar-refractivity contribution in [2.45, 2.75) is 6.92 Å². The first-order chi connectivity index (χ1) is 8.20. The van der Waals surface area contributed by atoms with Crippen molar-refractivity contribution >= 4 is 17.5 Å². The van der Waals surface area contributed by atoms with Crippen molar-refractivity contribution < 1.29 is 9.90 Å². The number of hydrogen-bond donors (Lipinski definition) is 3. The predicted molar refractivity (Wildman–Crippen MR) is 61.8 cm³/mol. The highest BCUT2D eigenvalue weighted by Gasteiger charge is 2.06. The fourth-order valence-electron chi connectivity index (χ4n) is 1.43. The van der Waals surface area contributed by atoms with E-state index in [1.165, 1.54) is 0 Å². The smallest absolute Gasteiger partial charge is 0.320 e. The molecule has 0 unspecified atom stereocenters. The summed E-state index contributed by atoms with van der Waals surface area (Å²) in [5.74, 6) is 0.526. The molecule has 0 aromatic carbocycles. The molecule has 2 aromatic rings. The fraction of sp³-hybridized carbons (Fsp3) is 0.300. The van der Waals surface area contributed by atoms with Gasteiger partial charge in [-0.15, -0.1) is 0 Å². The molecular weight excluding hydrogens is 222 g/mol. The maximum Gasteiger partial charge on any atom is 0.320 e. The monoisotopic (exact) mass is 235 g/mol. The molecule has 0 aliphatic heterocycles. The Balaban J connectivity index is 2.20. The van der Waals surface area contributed by atoms with E-state index in [-0.39, 0.29) is 19.2 Å². The molecule has 0 aliphatic rings. The standard InChI is InChI=1S/C10H13N5O2/c1-7-6-9-11-3-2-8(15(9)14-7)13-10(17)12-4-5-16/h2-3,6,16H,4-5H2,1H3,(H2,12,13,17). The SMILES string of the molecule is Cc1cc2nccc(NC(=O)NCCO)n2n1. The van der Waals surface area contributed by atoms with E-state index in [1.54, 1.807) is 16.8 Å². The van der Waals surface area contributed by atoms with Crippen molar-refractivity contribution in [3.8, 4) is 0 Å². The number of aromatic nitrogens is 3. The molecule has 0 radical (unpaired) electrons. The summed E-state index contributed by atoms with van der Waals surface area (Å²) in [4.78, 5) is 15.5. The second-order valence-electron chi connectivity index (χ2n) is 3.49.